The van der Waals surface area contributed by atoms with Gasteiger partial charge in [-0.3, -0.25) is 4.79 Å². The van der Waals surface area contributed by atoms with Gasteiger partial charge in [-0.1, -0.05) is 32.9 Å². The maximum absolute atomic E-state index is 12.4. The summed E-state index contributed by atoms with van der Waals surface area (Å²) in [6, 6.07) is 0. The molecule has 0 aromatic carbocycles. The Balaban J connectivity index is 1.73. The second kappa shape index (κ2) is 3.84. The van der Waals surface area contributed by atoms with E-state index < -0.39 is 17.5 Å². The van der Waals surface area contributed by atoms with Gasteiger partial charge in [-0.05, 0) is 24.2 Å². The smallest absolute Gasteiger partial charge is 0.348 e. The van der Waals surface area contributed by atoms with Crippen LogP contribution in [0.1, 0.15) is 33.6 Å². The third-order valence-electron chi connectivity index (χ3n) is 4.81. The molecule has 1 saturated carbocycles. The van der Waals surface area contributed by atoms with Crippen LogP contribution in [0.25, 0.3) is 0 Å². The second-order valence-corrected chi connectivity index (χ2v) is 7.03. The van der Waals surface area contributed by atoms with E-state index in [1.807, 2.05) is 13.8 Å². The Morgan fingerprint density at radius 1 is 1.42 bits per heavy atom. The minimum absolute atomic E-state index is 0.0889. The molecule has 4 heteroatoms. The number of carbonyl (C=O) groups is 2. The molecule has 3 rings (SSSR count). The largest absolute Gasteiger partial charge is 0.462 e. The normalized spacial score (nSPS) is 42.5. The molecule has 2 aliphatic carbocycles. The lowest BCUT2D eigenvalue weighted by atomic mass is 9.80. The fraction of sp³-hybridized carbons (Fsp3) is 0.733. The van der Waals surface area contributed by atoms with Crippen LogP contribution in [0.2, 0.25) is 0 Å². The van der Waals surface area contributed by atoms with E-state index in [2.05, 4.69) is 19.1 Å². The van der Waals surface area contributed by atoms with E-state index in [4.69, 9.17) is 9.47 Å². The van der Waals surface area contributed by atoms with Crippen molar-refractivity contribution in [2.75, 3.05) is 6.61 Å². The molecule has 4 nitrogen and oxygen atoms in total. The Labute approximate surface area is 113 Å². The van der Waals surface area contributed by atoms with Crippen molar-refractivity contribution in [2.24, 2.45) is 22.7 Å². The highest BCUT2D eigenvalue weighted by molar-refractivity contribution is 5.83. The first-order chi connectivity index (χ1) is 8.82. The molecule has 2 fully saturated rings. The van der Waals surface area contributed by atoms with E-state index in [9.17, 15) is 9.59 Å². The molecule has 0 spiro atoms. The molecule has 0 amide bonds. The summed E-state index contributed by atoms with van der Waals surface area (Å²) in [5.41, 5.74) is -0.518. The van der Waals surface area contributed by atoms with Crippen LogP contribution >= 0.6 is 0 Å². The summed E-state index contributed by atoms with van der Waals surface area (Å²) in [6.07, 6.45) is 5.42. The van der Waals surface area contributed by atoms with Crippen LogP contribution < -0.4 is 0 Å². The standard InChI is InChI=1S/C15H20O4/c1-14(2)8-18-13(17)11(14)19-12(16)10-6-9-4-5-15(10,3)7-9/h4-5,9-11H,6-8H2,1-3H3/t9-,10-,11+,15-/m1/s1. The lowest BCUT2D eigenvalue weighted by Crippen LogP contribution is -2.39. The van der Waals surface area contributed by atoms with Crippen LogP contribution in [0, 0.1) is 22.7 Å². The van der Waals surface area contributed by atoms with E-state index >= 15 is 0 Å². The van der Waals surface area contributed by atoms with E-state index in [1.165, 1.54) is 0 Å². The molecule has 0 radical (unpaired) electrons. The van der Waals surface area contributed by atoms with E-state index in [1.54, 1.807) is 0 Å². The number of esters is 2. The molecule has 0 N–H and O–H groups in total. The third-order valence-corrected chi connectivity index (χ3v) is 4.81. The van der Waals surface area contributed by atoms with Crippen LogP contribution in [0.3, 0.4) is 0 Å². The first kappa shape index (κ1) is 12.7. The quantitative estimate of drug-likeness (QED) is 0.566. The Morgan fingerprint density at radius 3 is 2.63 bits per heavy atom. The number of hydrogen-bond acceptors (Lipinski definition) is 4. The van der Waals surface area contributed by atoms with E-state index in [0.29, 0.717) is 12.5 Å². The van der Waals surface area contributed by atoms with Gasteiger partial charge in [0.2, 0.25) is 6.10 Å². The molecule has 2 bridgehead atoms. The summed E-state index contributed by atoms with van der Waals surface area (Å²) in [5.74, 6) is -0.286. The molecule has 4 atom stereocenters. The second-order valence-electron chi connectivity index (χ2n) is 7.03. The molecular formula is C15H20O4. The van der Waals surface area contributed by atoms with E-state index in [-0.39, 0.29) is 17.3 Å². The van der Waals surface area contributed by atoms with Crippen molar-refractivity contribution in [3.8, 4) is 0 Å². The molecule has 1 heterocycles. The van der Waals surface area contributed by atoms with Gasteiger partial charge in [-0.25, -0.2) is 4.79 Å². The predicted molar refractivity (Wildman–Crippen MR) is 68.1 cm³/mol. The first-order valence-corrected chi connectivity index (χ1v) is 6.88. The minimum Gasteiger partial charge on any atom is -0.462 e. The van der Waals surface area contributed by atoms with Gasteiger partial charge in [0, 0.05) is 5.41 Å². The monoisotopic (exact) mass is 264 g/mol. The highest BCUT2D eigenvalue weighted by Gasteiger charge is 2.52. The molecule has 0 aromatic heterocycles. The average Bonchev–Trinajstić information content (AvgIpc) is 2.94. The zero-order valence-electron chi connectivity index (χ0n) is 11.6. The Hall–Kier alpha value is -1.32. The Morgan fingerprint density at radius 2 is 2.16 bits per heavy atom. The summed E-state index contributed by atoms with van der Waals surface area (Å²) in [5, 5.41) is 0. The molecule has 1 aliphatic heterocycles. The summed E-state index contributed by atoms with van der Waals surface area (Å²) in [6.45, 7) is 6.19. The SMILES string of the molecule is CC1(C)COC(=O)[C@@H]1OC(=O)[C@H]1C[C@H]2C=C[C@]1(C)C2. The molecule has 0 aromatic rings. The van der Waals surface area contributed by atoms with Crippen LogP contribution in [0.4, 0.5) is 0 Å². The summed E-state index contributed by atoms with van der Waals surface area (Å²) < 4.78 is 10.5. The summed E-state index contributed by atoms with van der Waals surface area (Å²) in [7, 11) is 0. The maximum Gasteiger partial charge on any atom is 0.348 e. The molecule has 104 valence electrons. The van der Waals surface area contributed by atoms with Gasteiger partial charge in [-0.15, -0.1) is 0 Å². The summed E-state index contributed by atoms with van der Waals surface area (Å²) in [4.78, 5) is 24.0. The van der Waals surface area contributed by atoms with E-state index in [0.717, 1.165) is 12.8 Å². The zero-order valence-corrected chi connectivity index (χ0v) is 11.6. The number of rotatable bonds is 2. The zero-order chi connectivity index (χ0) is 13.8. The molecule has 19 heavy (non-hydrogen) atoms. The fourth-order valence-corrected chi connectivity index (χ4v) is 3.55. The van der Waals surface area contributed by atoms with Crippen molar-refractivity contribution in [3.05, 3.63) is 12.2 Å². The number of cyclic esters (lactones) is 1. The molecule has 1 saturated heterocycles. The first-order valence-electron chi connectivity index (χ1n) is 6.88. The van der Waals surface area contributed by atoms with Crippen molar-refractivity contribution >= 4 is 11.9 Å². The average molecular weight is 264 g/mol. The molecular weight excluding hydrogens is 244 g/mol. The lowest BCUT2D eigenvalue weighted by Gasteiger charge is -2.29. The molecule has 3 aliphatic rings. The van der Waals surface area contributed by atoms with Crippen LogP contribution in [0.5, 0.6) is 0 Å². The third kappa shape index (κ3) is 1.88. The highest BCUT2D eigenvalue weighted by atomic mass is 16.6. The van der Waals surface area contributed by atoms with Gasteiger partial charge in [0.05, 0.1) is 5.92 Å². The van der Waals surface area contributed by atoms with Gasteiger partial charge < -0.3 is 9.47 Å². The highest BCUT2D eigenvalue weighted by Crippen LogP contribution is 2.53. The van der Waals surface area contributed by atoms with Gasteiger partial charge in [-0.2, -0.15) is 0 Å². The van der Waals surface area contributed by atoms with Crippen LogP contribution in [-0.4, -0.2) is 24.6 Å². The summed E-state index contributed by atoms with van der Waals surface area (Å²) >= 11 is 0. The predicted octanol–water partition coefficient (Wildman–Crippen LogP) is 2.08. The number of carbonyl (C=O) groups excluding carboxylic acids is 2. The number of fused-ring (bicyclic) bond motifs is 2. The van der Waals surface area contributed by atoms with Crippen molar-refractivity contribution in [1.82, 2.24) is 0 Å². The van der Waals surface area contributed by atoms with Crippen LogP contribution in [0.15, 0.2) is 12.2 Å². The topological polar surface area (TPSA) is 52.6 Å². The lowest BCUT2D eigenvalue weighted by molar-refractivity contribution is -0.168. The van der Waals surface area contributed by atoms with Gasteiger partial charge in [0.1, 0.15) is 6.61 Å². The fourth-order valence-electron chi connectivity index (χ4n) is 3.55. The minimum atomic E-state index is -0.758. The maximum atomic E-state index is 12.4. The van der Waals surface area contributed by atoms with Crippen molar-refractivity contribution < 1.29 is 19.1 Å². The van der Waals surface area contributed by atoms with Gasteiger partial charge in [0.25, 0.3) is 0 Å². The van der Waals surface area contributed by atoms with Crippen LogP contribution in [-0.2, 0) is 19.1 Å². The number of ether oxygens (including phenoxy) is 2. The van der Waals surface area contributed by atoms with Gasteiger partial charge in [0.15, 0.2) is 0 Å². The number of hydrogen-bond donors (Lipinski definition) is 0. The van der Waals surface area contributed by atoms with Crippen molar-refractivity contribution in [2.45, 2.75) is 39.7 Å². The van der Waals surface area contributed by atoms with Gasteiger partial charge >= 0.3 is 11.9 Å². The van der Waals surface area contributed by atoms with Crippen molar-refractivity contribution in [1.29, 1.82) is 0 Å². The Kier molecular flexibility index (Phi) is 2.57. The number of allylic oxidation sites excluding steroid dienone is 2. The Bertz CT molecular complexity index is 465. The van der Waals surface area contributed by atoms with Crippen molar-refractivity contribution in [3.63, 3.8) is 0 Å². The molecule has 0 unspecified atom stereocenters.